The van der Waals surface area contributed by atoms with Crippen molar-refractivity contribution in [3.63, 3.8) is 0 Å². The molecule has 0 spiro atoms. The fourth-order valence-electron chi connectivity index (χ4n) is 0.806. The molecule has 1 heterocycles. The Kier molecular flexibility index (Phi) is 3.64. The third-order valence-corrected chi connectivity index (χ3v) is 1.76. The number of halogens is 1. The standard InChI is InChI=1S/C8H7BrN2O/c9-8-3-1-2-7(11-8)4-5-10-6-12/h1-3H,4-5H2. The van der Waals surface area contributed by atoms with E-state index in [1.807, 2.05) is 18.2 Å². The number of aliphatic imine (C=N–C) groups is 1. The molecule has 0 radical (unpaired) electrons. The minimum atomic E-state index is 0.451. The third kappa shape index (κ3) is 2.95. The van der Waals surface area contributed by atoms with Crippen molar-refractivity contribution < 1.29 is 4.79 Å². The van der Waals surface area contributed by atoms with Gasteiger partial charge in [0.05, 0.1) is 6.54 Å². The summed E-state index contributed by atoms with van der Waals surface area (Å²) in [5.74, 6) is 0. The zero-order chi connectivity index (χ0) is 8.81. The molecule has 1 rings (SSSR count). The third-order valence-electron chi connectivity index (χ3n) is 1.32. The second kappa shape index (κ2) is 4.80. The van der Waals surface area contributed by atoms with Crippen molar-refractivity contribution in [2.24, 2.45) is 4.99 Å². The Balaban J connectivity index is 2.57. The number of hydrogen-bond donors (Lipinski definition) is 0. The smallest absolute Gasteiger partial charge is 0.234 e. The number of pyridine rings is 1. The number of nitrogens with zero attached hydrogens (tertiary/aromatic N) is 2. The van der Waals surface area contributed by atoms with Gasteiger partial charge in [0.2, 0.25) is 6.08 Å². The van der Waals surface area contributed by atoms with E-state index in [2.05, 4.69) is 25.9 Å². The van der Waals surface area contributed by atoms with Crippen LogP contribution in [0.3, 0.4) is 0 Å². The SMILES string of the molecule is O=C=NCCc1cccc(Br)n1. The Morgan fingerprint density at radius 1 is 1.58 bits per heavy atom. The lowest BCUT2D eigenvalue weighted by atomic mass is 10.3. The minimum Gasteiger partial charge on any atom is -0.246 e. The summed E-state index contributed by atoms with van der Waals surface area (Å²) >= 11 is 3.25. The second-order valence-corrected chi connectivity index (χ2v) is 2.99. The van der Waals surface area contributed by atoms with Crippen LogP contribution in [0, 0.1) is 0 Å². The lowest BCUT2D eigenvalue weighted by Gasteiger charge is -1.95. The Bertz CT molecular complexity index is 308. The second-order valence-electron chi connectivity index (χ2n) is 2.17. The van der Waals surface area contributed by atoms with Crippen LogP contribution in [-0.2, 0) is 11.2 Å². The van der Waals surface area contributed by atoms with E-state index in [9.17, 15) is 4.79 Å². The van der Waals surface area contributed by atoms with Crippen LogP contribution in [0.15, 0.2) is 27.8 Å². The van der Waals surface area contributed by atoms with E-state index in [1.165, 1.54) is 6.08 Å². The molecule has 0 unspecified atom stereocenters. The molecular weight excluding hydrogens is 220 g/mol. The molecular formula is C8H7BrN2O. The van der Waals surface area contributed by atoms with Gasteiger partial charge in [-0.1, -0.05) is 6.07 Å². The topological polar surface area (TPSA) is 42.3 Å². The van der Waals surface area contributed by atoms with Gasteiger partial charge in [0.25, 0.3) is 0 Å². The van der Waals surface area contributed by atoms with Gasteiger partial charge in [-0.15, -0.1) is 0 Å². The zero-order valence-electron chi connectivity index (χ0n) is 6.33. The fourth-order valence-corrected chi connectivity index (χ4v) is 1.19. The van der Waals surface area contributed by atoms with Crippen LogP contribution in [0.4, 0.5) is 0 Å². The summed E-state index contributed by atoms with van der Waals surface area (Å²) in [6.07, 6.45) is 2.16. The first-order valence-electron chi connectivity index (χ1n) is 3.48. The largest absolute Gasteiger partial charge is 0.246 e. The van der Waals surface area contributed by atoms with E-state index in [1.54, 1.807) is 0 Å². The molecule has 0 N–H and O–H groups in total. The molecule has 1 aromatic heterocycles. The minimum absolute atomic E-state index is 0.451. The van der Waals surface area contributed by atoms with E-state index >= 15 is 0 Å². The molecule has 0 fully saturated rings. The highest BCUT2D eigenvalue weighted by Crippen LogP contribution is 2.06. The van der Waals surface area contributed by atoms with Crippen molar-refractivity contribution >= 4 is 22.0 Å². The van der Waals surface area contributed by atoms with Crippen molar-refractivity contribution in [2.45, 2.75) is 6.42 Å². The highest BCUT2D eigenvalue weighted by atomic mass is 79.9. The fraction of sp³-hybridized carbons (Fsp3) is 0.250. The molecule has 12 heavy (non-hydrogen) atoms. The van der Waals surface area contributed by atoms with E-state index in [0.717, 1.165) is 10.3 Å². The van der Waals surface area contributed by atoms with Gasteiger partial charge in [0.15, 0.2) is 0 Å². The number of carbonyl (C=O) groups excluding carboxylic acids is 1. The first-order chi connectivity index (χ1) is 5.83. The van der Waals surface area contributed by atoms with E-state index in [0.29, 0.717) is 13.0 Å². The Hall–Kier alpha value is -0.990. The summed E-state index contributed by atoms with van der Waals surface area (Å²) in [4.78, 5) is 17.3. The molecule has 4 heteroatoms. The maximum atomic E-state index is 9.74. The van der Waals surface area contributed by atoms with Gasteiger partial charge in [-0.25, -0.2) is 14.8 Å². The molecule has 0 saturated heterocycles. The number of rotatable bonds is 3. The van der Waals surface area contributed by atoms with Crippen molar-refractivity contribution in [1.82, 2.24) is 4.98 Å². The van der Waals surface area contributed by atoms with Crippen LogP contribution in [0.1, 0.15) is 5.69 Å². The van der Waals surface area contributed by atoms with E-state index < -0.39 is 0 Å². The molecule has 0 aliphatic rings. The number of isocyanates is 1. The van der Waals surface area contributed by atoms with Gasteiger partial charge in [0.1, 0.15) is 4.60 Å². The summed E-state index contributed by atoms with van der Waals surface area (Å²) in [7, 11) is 0. The van der Waals surface area contributed by atoms with Crippen molar-refractivity contribution in [1.29, 1.82) is 0 Å². The highest BCUT2D eigenvalue weighted by Gasteiger charge is 1.93. The summed E-state index contributed by atoms with van der Waals surface area (Å²) in [6.45, 7) is 0.451. The molecule has 0 aromatic carbocycles. The van der Waals surface area contributed by atoms with Gasteiger partial charge in [0, 0.05) is 12.1 Å². The van der Waals surface area contributed by atoms with Crippen molar-refractivity contribution in [3.05, 3.63) is 28.5 Å². The molecule has 62 valence electrons. The summed E-state index contributed by atoms with van der Waals surface area (Å²) in [5, 5.41) is 0. The Morgan fingerprint density at radius 3 is 3.08 bits per heavy atom. The summed E-state index contributed by atoms with van der Waals surface area (Å²) in [6, 6.07) is 5.65. The summed E-state index contributed by atoms with van der Waals surface area (Å²) < 4.78 is 0.801. The maximum Gasteiger partial charge on any atom is 0.234 e. The van der Waals surface area contributed by atoms with Crippen LogP contribution in [0.25, 0.3) is 0 Å². The van der Waals surface area contributed by atoms with Crippen molar-refractivity contribution in [3.8, 4) is 0 Å². The van der Waals surface area contributed by atoms with Gasteiger partial charge in [-0.2, -0.15) is 0 Å². The predicted octanol–water partition coefficient (Wildman–Crippen LogP) is 1.72. The van der Waals surface area contributed by atoms with Gasteiger partial charge in [-0.05, 0) is 28.1 Å². The van der Waals surface area contributed by atoms with E-state index in [4.69, 9.17) is 0 Å². The monoisotopic (exact) mass is 226 g/mol. The molecule has 0 aliphatic carbocycles. The summed E-state index contributed by atoms with van der Waals surface area (Å²) in [5.41, 5.74) is 0.920. The van der Waals surface area contributed by atoms with Crippen LogP contribution < -0.4 is 0 Å². The molecule has 1 aromatic rings. The maximum absolute atomic E-state index is 9.74. The number of hydrogen-bond acceptors (Lipinski definition) is 3. The molecule has 3 nitrogen and oxygen atoms in total. The quantitative estimate of drug-likeness (QED) is 0.448. The first kappa shape index (κ1) is 9.10. The first-order valence-corrected chi connectivity index (χ1v) is 4.27. The predicted molar refractivity (Wildman–Crippen MR) is 48.6 cm³/mol. The molecule has 0 saturated carbocycles. The molecule has 0 atom stereocenters. The lowest BCUT2D eigenvalue weighted by molar-refractivity contribution is 0.563. The Morgan fingerprint density at radius 2 is 2.42 bits per heavy atom. The van der Waals surface area contributed by atoms with Crippen LogP contribution in [-0.4, -0.2) is 17.6 Å². The Labute approximate surface area is 78.7 Å². The lowest BCUT2D eigenvalue weighted by Crippen LogP contribution is -1.92. The van der Waals surface area contributed by atoms with Crippen molar-refractivity contribution in [2.75, 3.05) is 6.54 Å². The molecule has 0 aliphatic heterocycles. The molecule has 0 bridgehead atoms. The van der Waals surface area contributed by atoms with Gasteiger partial charge < -0.3 is 0 Å². The van der Waals surface area contributed by atoms with Crippen LogP contribution >= 0.6 is 15.9 Å². The van der Waals surface area contributed by atoms with Crippen LogP contribution in [0.5, 0.6) is 0 Å². The number of aromatic nitrogens is 1. The van der Waals surface area contributed by atoms with Crippen LogP contribution in [0.2, 0.25) is 0 Å². The zero-order valence-corrected chi connectivity index (χ0v) is 7.91. The average Bonchev–Trinajstić information content (AvgIpc) is 2.05. The molecule has 0 amide bonds. The van der Waals surface area contributed by atoms with Gasteiger partial charge >= 0.3 is 0 Å². The average molecular weight is 227 g/mol. The van der Waals surface area contributed by atoms with Gasteiger partial charge in [-0.3, -0.25) is 0 Å². The van der Waals surface area contributed by atoms with E-state index in [-0.39, 0.29) is 0 Å². The highest BCUT2D eigenvalue weighted by molar-refractivity contribution is 9.10. The normalized spacial score (nSPS) is 9.08.